The zero-order valence-electron chi connectivity index (χ0n) is 9.14. The molecule has 0 aromatic heterocycles. The van der Waals surface area contributed by atoms with E-state index in [0.29, 0.717) is 11.5 Å². The van der Waals surface area contributed by atoms with Gasteiger partial charge in [-0.15, -0.1) is 0 Å². The summed E-state index contributed by atoms with van der Waals surface area (Å²) in [6, 6.07) is 0.353. The van der Waals surface area contributed by atoms with Gasteiger partial charge in [-0.2, -0.15) is 0 Å². The van der Waals surface area contributed by atoms with Crippen LogP contribution in [-0.2, 0) is 0 Å². The number of rotatable bonds is 4. The largest absolute Gasteiger partial charge is 0.392 e. The van der Waals surface area contributed by atoms with Crippen molar-refractivity contribution in [2.45, 2.75) is 58.6 Å². The maximum absolute atomic E-state index is 9.60. The van der Waals surface area contributed by atoms with Crippen molar-refractivity contribution in [1.82, 2.24) is 5.32 Å². The van der Waals surface area contributed by atoms with Crippen LogP contribution in [0.2, 0.25) is 0 Å². The molecule has 1 saturated carbocycles. The van der Waals surface area contributed by atoms with E-state index >= 15 is 0 Å². The summed E-state index contributed by atoms with van der Waals surface area (Å²) in [5, 5.41) is 13.1. The van der Waals surface area contributed by atoms with Crippen LogP contribution in [-0.4, -0.2) is 23.8 Å². The summed E-state index contributed by atoms with van der Waals surface area (Å²) in [5.41, 5.74) is 0.363. The Morgan fingerprint density at radius 1 is 1.38 bits per heavy atom. The van der Waals surface area contributed by atoms with Crippen LogP contribution in [0.1, 0.15) is 46.5 Å². The number of aliphatic hydroxyl groups excluding tert-OH is 1. The predicted molar refractivity (Wildman–Crippen MR) is 55.7 cm³/mol. The van der Waals surface area contributed by atoms with E-state index in [1.165, 1.54) is 12.8 Å². The molecule has 2 N–H and O–H groups in total. The summed E-state index contributed by atoms with van der Waals surface area (Å²) >= 11 is 0. The maximum atomic E-state index is 9.60. The fourth-order valence-corrected chi connectivity index (χ4v) is 1.71. The topological polar surface area (TPSA) is 32.3 Å². The third kappa shape index (κ3) is 3.28. The van der Waals surface area contributed by atoms with Crippen LogP contribution >= 0.6 is 0 Å². The molecule has 1 aliphatic rings. The van der Waals surface area contributed by atoms with Gasteiger partial charge in [0.25, 0.3) is 0 Å². The lowest BCUT2D eigenvalue weighted by Gasteiger charge is -2.26. The standard InChI is InChI=1S/C11H23NO/c1-4-11(2,3)8-12-9-6-5-7-10(9)13/h9-10,12-13H,4-8H2,1-3H3. The fourth-order valence-electron chi connectivity index (χ4n) is 1.71. The number of aliphatic hydroxyl groups is 1. The summed E-state index contributed by atoms with van der Waals surface area (Å²) in [7, 11) is 0. The first-order valence-corrected chi connectivity index (χ1v) is 5.46. The van der Waals surface area contributed by atoms with Crippen molar-refractivity contribution in [2.75, 3.05) is 6.54 Å². The van der Waals surface area contributed by atoms with Crippen LogP contribution in [0.5, 0.6) is 0 Å². The van der Waals surface area contributed by atoms with Crippen LogP contribution < -0.4 is 5.32 Å². The summed E-state index contributed by atoms with van der Waals surface area (Å²) in [6.45, 7) is 7.76. The van der Waals surface area contributed by atoms with Gasteiger partial charge in [-0.3, -0.25) is 0 Å². The first-order valence-electron chi connectivity index (χ1n) is 5.46. The Morgan fingerprint density at radius 3 is 2.54 bits per heavy atom. The van der Waals surface area contributed by atoms with Gasteiger partial charge >= 0.3 is 0 Å². The summed E-state index contributed by atoms with van der Waals surface area (Å²) in [4.78, 5) is 0. The Hall–Kier alpha value is -0.0800. The van der Waals surface area contributed by atoms with Gasteiger partial charge in [0.1, 0.15) is 0 Å². The van der Waals surface area contributed by atoms with Gasteiger partial charge < -0.3 is 10.4 Å². The van der Waals surface area contributed by atoms with E-state index in [4.69, 9.17) is 0 Å². The second-order valence-electron chi connectivity index (χ2n) is 5.00. The molecule has 2 atom stereocenters. The molecule has 1 aliphatic carbocycles. The quantitative estimate of drug-likeness (QED) is 0.701. The number of hydrogen-bond acceptors (Lipinski definition) is 2. The Morgan fingerprint density at radius 2 is 2.08 bits per heavy atom. The Kier molecular flexibility index (Phi) is 3.74. The highest BCUT2D eigenvalue weighted by atomic mass is 16.3. The molecule has 0 heterocycles. The lowest BCUT2D eigenvalue weighted by Crippen LogP contribution is -2.40. The third-order valence-electron chi connectivity index (χ3n) is 3.28. The highest BCUT2D eigenvalue weighted by Gasteiger charge is 2.26. The molecular formula is C11H23NO. The van der Waals surface area contributed by atoms with Crippen molar-refractivity contribution in [3.8, 4) is 0 Å². The van der Waals surface area contributed by atoms with E-state index in [9.17, 15) is 5.11 Å². The molecule has 1 fully saturated rings. The second kappa shape index (κ2) is 4.43. The Bertz CT molecular complexity index is 156. The molecule has 2 heteroatoms. The molecule has 78 valence electrons. The molecule has 0 spiro atoms. The van der Waals surface area contributed by atoms with E-state index in [2.05, 4.69) is 26.1 Å². The maximum Gasteiger partial charge on any atom is 0.0693 e. The first kappa shape index (κ1) is 11.0. The highest BCUT2D eigenvalue weighted by molar-refractivity contribution is 4.84. The molecular weight excluding hydrogens is 162 g/mol. The van der Waals surface area contributed by atoms with Gasteiger partial charge in [-0.25, -0.2) is 0 Å². The predicted octanol–water partition coefficient (Wildman–Crippen LogP) is 1.93. The van der Waals surface area contributed by atoms with Gasteiger partial charge in [-0.1, -0.05) is 20.8 Å². The van der Waals surface area contributed by atoms with Crippen molar-refractivity contribution in [3.05, 3.63) is 0 Å². The van der Waals surface area contributed by atoms with Crippen LogP contribution in [0, 0.1) is 5.41 Å². The second-order valence-corrected chi connectivity index (χ2v) is 5.00. The van der Waals surface area contributed by atoms with Crippen molar-refractivity contribution in [2.24, 2.45) is 5.41 Å². The van der Waals surface area contributed by atoms with E-state index in [-0.39, 0.29) is 6.10 Å². The minimum atomic E-state index is -0.104. The molecule has 0 saturated heterocycles. The van der Waals surface area contributed by atoms with Gasteiger partial charge in [0.15, 0.2) is 0 Å². The van der Waals surface area contributed by atoms with E-state index in [1.54, 1.807) is 0 Å². The zero-order valence-corrected chi connectivity index (χ0v) is 9.14. The monoisotopic (exact) mass is 185 g/mol. The molecule has 0 aliphatic heterocycles. The lowest BCUT2D eigenvalue weighted by molar-refractivity contribution is 0.141. The van der Waals surface area contributed by atoms with E-state index < -0.39 is 0 Å². The van der Waals surface area contributed by atoms with E-state index in [0.717, 1.165) is 19.4 Å². The zero-order chi connectivity index (χ0) is 9.90. The molecule has 2 unspecified atom stereocenters. The fraction of sp³-hybridized carbons (Fsp3) is 1.00. The highest BCUT2D eigenvalue weighted by Crippen LogP contribution is 2.22. The third-order valence-corrected chi connectivity index (χ3v) is 3.28. The van der Waals surface area contributed by atoms with Gasteiger partial charge in [0.2, 0.25) is 0 Å². The van der Waals surface area contributed by atoms with Gasteiger partial charge in [0, 0.05) is 12.6 Å². The average Bonchev–Trinajstić information content (AvgIpc) is 2.48. The van der Waals surface area contributed by atoms with Crippen molar-refractivity contribution in [3.63, 3.8) is 0 Å². The lowest BCUT2D eigenvalue weighted by atomic mass is 9.90. The minimum Gasteiger partial charge on any atom is -0.392 e. The number of nitrogens with one attached hydrogen (secondary N) is 1. The molecule has 0 aromatic rings. The molecule has 0 bridgehead atoms. The SMILES string of the molecule is CCC(C)(C)CNC1CCCC1O. The smallest absolute Gasteiger partial charge is 0.0693 e. The Balaban J connectivity index is 2.25. The van der Waals surface area contributed by atoms with Crippen LogP contribution in [0.3, 0.4) is 0 Å². The average molecular weight is 185 g/mol. The summed E-state index contributed by atoms with van der Waals surface area (Å²) < 4.78 is 0. The van der Waals surface area contributed by atoms with Gasteiger partial charge in [-0.05, 0) is 31.1 Å². The molecule has 0 aromatic carbocycles. The van der Waals surface area contributed by atoms with E-state index in [1.807, 2.05) is 0 Å². The van der Waals surface area contributed by atoms with Crippen LogP contribution in [0.25, 0.3) is 0 Å². The molecule has 0 amide bonds. The molecule has 1 rings (SSSR count). The molecule has 0 radical (unpaired) electrons. The van der Waals surface area contributed by atoms with Crippen LogP contribution in [0.15, 0.2) is 0 Å². The first-order chi connectivity index (χ1) is 6.05. The molecule has 2 nitrogen and oxygen atoms in total. The van der Waals surface area contributed by atoms with Crippen molar-refractivity contribution >= 4 is 0 Å². The van der Waals surface area contributed by atoms with Crippen molar-refractivity contribution < 1.29 is 5.11 Å². The Labute approximate surface area is 81.7 Å². The normalized spacial score (nSPS) is 29.5. The summed E-state index contributed by atoms with van der Waals surface area (Å²) in [5.74, 6) is 0. The number of hydrogen-bond donors (Lipinski definition) is 2. The summed E-state index contributed by atoms with van der Waals surface area (Å²) in [6.07, 6.45) is 4.37. The van der Waals surface area contributed by atoms with Gasteiger partial charge in [0.05, 0.1) is 6.10 Å². The van der Waals surface area contributed by atoms with Crippen LogP contribution in [0.4, 0.5) is 0 Å². The van der Waals surface area contributed by atoms with Crippen molar-refractivity contribution in [1.29, 1.82) is 0 Å². The molecule has 13 heavy (non-hydrogen) atoms. The minimum absolute atomic E-state index is 0.104.